The standard InChI is InChI=1S/C11H18N2S/c1-8(2)7-14-11-6-10(9(3)12)4-5-13-11/h4-6,8-9H,7,12H2,1-3H3. The predicted octanol–water partition coefficient (Wildman–Crippen LogP) is 2.85. The Labute approximate surface area is 90.3 Å². The lowest BCUT2D eigenvalue weighted by Crippen LogP contribution is -2.05. The van der Waals surface area contributed by atoms with Crippen molar-refractivity contribution in [1.82, 2.24) is 4.98 Å². The van der Waals surface area contributed by atoms with Crippen molar-refractivity contribution in [3.05, 3.63) is 23.9 Å². The molecule has 0 aromatic carbocycles. The van der Waals surface area contributed by atoms with Crippen LogP contribution in [0, 0.1) is 5.92 Å². The Morgan fingerprint density at radius 2 is 2.14 bits per heavy atom. The van der Waals surface area contributed by atoms with Gasteiger partial charge in [-0.05, 0) is 30.5 Å². The second kappa shape index (κ2) is 5.37. The second-order valence-corrected chi connectivity index (χ2v) is 4.96. The van der Waals surface area contributed by atoms with Gasteiger partial charge in [0.1, 0.15) is 0 Å². The van der Waals surface area contributed by atoms with Crippen LogP contribution in [-0.2, 0) is 0 Å². The monoisotopic (exact) mass is 210 g/mol. The third-order valence-corrected chi connectivity index (χ3v) is 3.20. The fraction of sp³-hybridized carbons (Fsp3) is 0.545. The lowest BCUT2D eigenvalue weighted by Gasteiger charge is -2.08. The Morgan fingerprint density at radius 1 is 1.43 bits per heavy atom. The molecule has 1 atom stereocenters. The summed E-state index contributed by atoms with van der Waals surface area (Å²) < 4.78 is 0. The van der Waals surface area contributed by atoms with E-state index in [1.165, 1.54) is 0 Å². The largest absolute Gasteiger partial charge is 0.324 e. The average molecular weight is 210 g/mol. The van der Waals surface area contributed by atoms with E-state index in [2.05, 4.69) is 24.9 Å². The first-order valence-electron chi connectivity index (χ1n) is 4.94. The van der Waals surface area contributed by atoms with E-state index in [-0.39, 0.29) is 6.04 Å². The number of nitrogens with two attached hydrogens (primary N) is 1. The molecule has 78 valence electrons. The average Bonchev–Trinajstić information content (AvgIpc) is 2.15. The number of hydrogen-bond donors (Lipinski definition) is 1. The van der Waals surface area contributed by atoms with Crippen LogP contribution in [0.3, 0.4) is 0 Å². The van der Waals surface area contributed by atoms with E-state index in [0.717, 1.165) is 16.3 Å². The summed E-state index contributed by atoms with van der Waals surface area (Å²) in [7, 11) is 0. The molecule has 1 rings (SSSR count). The maximum absolute atomic E-state index is 5.80. The quantitative estimate of drug-likeness (QED) is 0.777. The van der Waals surface area contributed by atoms with Crippen LogP contribution in [0.1, 0.15) is 32.4 Å². The van der Waals surface area contributed by atoms with Crippen LogP contribution >= 0.6 is 11.8 Å². The van der Waals surface area contributed by atoms with E-state index in [1.807, 2.05) is 19.2 Å². The molecule has 0 fully saturated rings. The number of rotatable bonds is 4. The van der Waals surface area contributed by atoms with Crippen molar-refractivity contribution in [2.75, 3.05) is 5.75 Å². The zero-order valence-electron chi connectivity index (χ0n) is 9.03. The molecule has 2 nitrogen and oxygen atoms in total. The summed E-state index contributed by atoms with van der Waals surface area (Å²) in [4.78, 5) is 4.30. The molecule has 2 N–H and O–H groups in total. The molecule has 1 unspecified atom stereocenters. The summed E-state index contributed by atoms with van der Waals surface area (Å²) in [6.45, 7) is 6.41. The van der Waals surface area contributed by atoms with Gasteiger partial charge in [-0.3, -0.25) is 0 Å². The van der Waals surface area contributed by atoms with Gasteiger partial charge in [-0.25, -0.2) is 4.98 Å². The van der Waals surface area contributed by atoms with Crippen LogP contribution in [0.25, 0.3) is 0 Å². The molecule has 0 spiro atoms. The molecule has 0 aliphatic heterocycles. The van der Waals surface area contributed by atoms with Gasteiger partial charge in [-0.2, -0.15) is 0 Å². The minimum Gasteiger partial charge on any atom is -0.324 e. The van der Waals surface area contributed by atoms with Gasteiger partial charge in [-0.1, -0.05) is 13.8 Å². The topological polar surface area (TPSA) is 38.9 Å². The Hall–Kier alpha value is -0.540. The van der Waals surface area contributed by atoms with E-state index >= 15 is 0 Å². The van der Waals surface area contributed by atoms with E-state index < -0.39 is 0 Å². The normalized spacial score (nSPS) is 13.2. The maximum Gasteiger partial charge on any atom is 0.0963 e. The summed E-state index contributed by atoms with van der Waals surface area (Å²) in [6, 6.07) is 4.15. The molecule has 0 aliphatic rings. The summed E-state index contributed by atoms with van der Waals surface area (Å²) in [5.74, 6) is 1.80. The zero-order valence-corrected chi connectivity index (χ0v) is 9.84. The molecule has 14 heavy (non-hydrogen) atoms. The molecular formula is C11H18N2S. The molecular weight excluding hydrogens is 192 g/mol. The van der Waals surface area contributed by atoms with Crippen molar-refractivity contribution >= 4 is 11.8 Å². The van der Waals surface area contributed by atoms with Crippen molar-refractivity contribution in [3.63, 3.8) is 0 Å². The number of aromatic nitrogens is 1. The lowest BCUT2D eigenvalue weighted by molar-refractivity contribution is 0.749. The Balaban J connectivity index is 2.64. The number of pyridine rings is 1. The van der Waals surface area contributed by atoms with Gasteiger partial charge in [0, 0.05) is 18.0 Å². The van der Waals surface area contributed by atoms with Crippen LogP contribution in [0.15, 0.2) is 23.4 Å². The van der Waals surface area contributed by atoms with Crippen molar-refractivity contribution in [2.24, 2.45) is 11.7 Å². The Bertz CT molecular complexity index is 284. The maximum atomic E-state index is 5.80. The number of thioether (sulfide) groups is 1. The number of hydrogen-bond acceptors (Lipinski definition) is 3. The van der Waals surface area contributed by atoms with Gasteiger partial charge in [0.25, 0.3) is 0 Å². The fourth-order valence-corrected chi connectivity index (χ4v) is 1.90. The van der Waals surface area contributed by atoms with Crippen LogP contribution in [0.4, 0.5) is 0 Å². The van der Waals surface area contributed by atoms with E-state index in [9.17, 15) is 0 Å². The van der Waals surface area contributed by atoms with Crippen LogP contribution in [0.2, 0.25) is 0 Å². The lowest BCUT2D eigenvalue weighted by atomic mass is 10.1. The van der Waals surface area contributed by atoms with Crippen LogP contribution < -0.4 is 5.73 Å². The molecule has 0 bridgehead atoms. The highest BCUT2D eigenvalue weighted by Crippen LogP contribution is 2.20. The summed E-state index contributed by atoms with van der Waals surface area (Å²) >= 11 is 1.79. The van der Waals surface area contributed by atoms with Crippen LogP contribution in [-0.4, -0.2) is 10.7 Å². The van der Waals surface area contributed by atoms with E-state index in [4.69, 9.17) is 5.73 Å². The first kappa shape index (κ1) is 11.5. The van der Waals surface area contributed by atoms with E-state index in [0.29, 0.717) is 5.92 Å². The molecule has 0 aliphatic carbocycles. The molecule has 0 radical (unpaired) electrons. The van der Waals surface area contributed by atoms with Gasteiger partial charge in [-0.15, -0.1) is 11.8 Å². The highest BCUT2D eigenvalue weighted by atomic mass is 32.2. The SMILES string of the molecule is CC(C)CSc1cc(C(C)N)ccn1. The van der Waals surface area contributed by atoms with Crippen molar-refractivity contribution in [3.8, 4) is 0 Å². The highest BCUT2D eigenvalue weighted by Gasteiger charge is 2.02. The summed E-state index contributed by atoms with van der Waals surface area (Å²) in [5, 5.41) is 1.08. The molecule has 0 amide bonds. The smallest absolute Gasteiger partial charge is 0.0963 e. The van der Waals surface area contributed by atoms with Crippen molar-refractivity contribution < 1.29 is 0 Å². The molecule has 0 saturated heterocycles. The third kappa shape index (κ3) is 3.68. The molecule has 1 heterocycles. The van der Waals surface area contributed by atoms with Gasteiger partial charge in [0.2, 0.25) is 0 Å². The first-order chi connectivity index (χ1) is 6.59. The first-order valence-corrected chi connectivity index (χ1v) is 5.92. The van der Waals surface area contributed by atoms with Gasteiger partial charge < -0.3 is 5.73 Å². The van der Waals surface area contributed by atoms with Gasteiger partial charge >= 0.3 is 0 Å². The Morgan fingerprint density at radius 3 is 2.71 bits per heavy atom. The third-order valence-electron chi connectivity index (χ3n) is 1.85. The summed E-state index contributed by atoms with van der Waals surface area (Å²) in [6.07, 6.45) is 1.83. The van der Waals surface area contributed by atoms with Crippen molar-refractivity contribution in [1.29, 1.82) is 0 Å². The van der Waals surface area contributed by atoms with Gasteiger partial charge in [0.05, 0.1) is 5.03 Å². The van der Waals surface area contributed by atoms with Crippen molar-refractivity contribution in [2.45, 2.75) is 31.8 Å². The molecule has 1 aromatic heterocycles. The van der Waals surface area contributed by atoms with Crippen LogP contribution in [0.5, 0.6) is 0 Å². The summed E-state index contributed by atoms with van der Waals surface area (Å²) in [5.41, 5.74) is 6.96. The fourth-order valence-electron chi connectivity index (χ4n) is 1.04. The second-order valence-electron chi connectivity index (χ2n) is 3.92. The van der Waals surface area contributed by atoms with E-state index in [1.54, 1.807) is 11.8 Å². The molecule has 1 aromatic rings. The minimum absolute atomic E-state index is 0.0939. The minimum atomic E-state index is 0.0939. The molecule has 3 heteroatoms. The zero-order chi connectivity index (χ0) is 10.6. The van der Waals surface area contributed by atoms with Gasteiger partial charge in [0.15, 0.2) is 0 Å². The highest BCUT2D eigenvalue weighted by molar-refractivity contribution is 7.99. The predicted molar refractivity (Wildman–Crippen MR) is 62.4 cm³/mol. The Kier molecular flexibility index (Phi) is 4.42. The molecule has 0 saturated carbocycles. The number of nitrogens with zero attached hydrogens (tertiary/aromatic N) is 1.